The maximum absolute atomic E-state index is 6.28. The molecule has 1 saturated carbocycles. The number of hydrogen-bond donors (Lipinski definition) is 1. The van der Waals surface area contributed by atoms with Crippen molar-refractivity contribution >= 4 is 0 Å². The molecule has 0 spiro atoms. The Balaban J connectivity index is 1.78. The Bertz CT molecular complexity index is 341. The van der Waals surface area contributed by atoms with Crippen LogP contribution in [0.1, 0.15) is 31.2 Å². The highest BCUT2D eigenvalue weighted by Crippen LogP contribution is 2.27. The van der Waals surface area contributed by atoms with E-state index in [2.05, 4.69) is 23.2 Å². The number of aromatic nitrogens is 2. The van der Waals surface area contributed by atoms with Crippen LogP contribution in [0.25, 0.3) is 0 Å². The number of rotatable bonds is 5. The molecule has 2 N–H and O–H groups in total. The number of nitrogens with zero attached hydrogens (tertiary/aromatic N) is 3. The number of likely N-dealkylation sites (N-methyl/N-ethyl adjacent to an activating group) is 1. The molecule has 4 heteroatoms. The van der Waals surface area contributed by atoms with Crippen LogP contribution >= 0.6 is 0 Å². The van der Waals surface area contributed by atoms with Crippen molar-refractivity contribution in [2.75, 3.05) is 13.6 Å². The molecule has 96 valence electrons. The van der Waals surface area contributed by atoms with Crippen molar-refractivity contribution < 1.29 is 0 Å². The lowest BCUT2D eigenvalue weighted by Crippen LogP contribution is -2.39. The van der Waals surface area contributed by atoms with E-state index in [1.165, 1.54) is 31.2 Å². The second-order valence-electron chi connectivity index (χ2n) is 5.43. The molecule has 1 aliphatic carbocycles. The van der Waals surface area contributed by atoms with E-state index in [-0.39, 0.29) is 0 Å². The monoisotopic (exact) mass is 236 g/mol. The molecule has 1 fully saturated rings. The van der Waals surface area contributed by atoms with E-state index in [1.54, 1.807) is 0 Å². The first kappa shape index (κ1) is 12.6. The first-order chi connectivity index (χ1) is 8.15. The van der Waals surface area contributed by atoms with Gasteiger partial charge in [0.1, 0.15) is 0 Å². The van der Waals surface area contributed by atoms with Gasteiger partial charge in [-0.3, -0.25) is 4.68 Å². The fraction of sp³-hybridized carbons (Fsp3) is 0.769. The van der Waals surface area contributed by atoms with Crippen molar-refractivity contribution in [3.8, 4) is 0 Å². The SMILES string of the molecule is CN(Cc1cnn(C)c1)CC(N)C1CCCC1. The van der Waals surface area contributed by atoms with Crippen LogP contribution in [0, 0.1) is 5.92 Å². The summed E-state index contributed by atoms with van der Waals surface area (Å²) in [5.74, 6) is 0.742. The highest BCUT2D eigenvalue weighted by Gasteiger charge is 2.22. The van der Waals surface area contributed by atoms with Crippen LogP contribution in [0.15, 0.2) is 12.4 Å². The van der Waals surface area contributed by atoms with E-state index >= 15 is 0 Å². The van der Waals surface area contributed by atoms with Gasteiger partial charge < -0.3 is 10.6 Å². The zero-order valence-electron chi connectivity index (χ0n) is 11.0. The molecule has 0 amide bonds. The second-order valence-corrected chi connectivity index (χ2v) is 5.43. The van der Waals surface area contributed by atoms with E-state index in [1.807, 2.05) is 17.9 Å². The maximum Gasteiger partial charge on any atom is 0.0534 e. The molecule has 17 heavy (non-hydrogen) atoms. The molecule has 0 bridgehead atoms. The lowest BCUT2D eigenvalue weighted by atomic mass is 9.98. The van der Waals surface area contributed by atoms with Gasteiger partial charge in [-0.05, 0) is 25.8 Å². The normalized spacial score (nSPS) is 19.1. The summed E-state index contributed by atoms with van der Waals surface area (Å²) >= 11 is 0. The summed E-state index contributed by atoms with van der Waals surface area (Å²) in [6.45, 7) is 1.92. The maximum atomic E-state index is 6.28. The molecule has 1 unspecified atom stereocenters. The van der Waals surface area contributed by atoms with Gasteiger partial charge in [0, 0.05) is 37.9 Å². The largest absolute Gasteiger partial charge is 0.326 e. The average Bonchev–Trinajstić information content (AvgIpc) is 2.89. The molecule has 4 nitrogen and oxygen atoms in total. The smallest absolute Gasteiger partial charge is 0.0534 e. The Kier molecular flexibility index (Phi) is 4.18. The Morgan fingerprint density at radius 3 is 2.82 bits per heavy atom. The third-order valence-corrected chi connectivity index (χ3v) is 3.74. The summed E-state index contributed by atoms with van der Waals surface area (Å²) in [4.78, 5) is 2.31. The fourth-order valence-electron chi connectivity index (χ4n) is 2.82. The fourth-order valence-corrected chi connectivity index (χ4v) is 2.82. The van der Waals surface area contributed by atoms with Crippen LogP contribution in [0.4, 0.5) is 0 Å². The van der Waals surface area contributed by atoms with Crippen LogP contribution in [0.5, 0.6) is 0 Å². The van der Waals surface area contributed by atoms with Gasteiger partial charge in [0.15, 0.2) is 0 Å². The van der Waals surface area contributed by atoms with Crippen molar-refractivity contribution in [3.63, 3.8) is 0 Å². The predicted molar refractivity (Wildman–Crippen MR) is 69.5 cm³/mol. The summed E-state index contributed by atoms with van der Waals surface area (Å²) < 4.78 is 1.85. The standard InChI is InChI=1S/C13H24N4/c1-16(8-11-7-15-17(2)9-11)10-13(14)12-5-3-4-6-12/h7,9,12-13H,3-6,8,10,14H2,1-2H3. The first-order valence-corrected chi connectivity index (χ1v) is 6.57. The summed E-state index contributed by atoms with van der Waals surface area (Å²) in [7, 11) is 4.09. The lowest BCUT2D eigenvalue weighted by Gasteiger charge is -2.24. The van der Waals surface area contributed by atoms with E-state index in [0.29, 0.717) is 6.04 Å². The molecule has 2 rings (SSSR count). The molecule has 0 aromatic carbocycles. The van der Waals surface area contributed by atoms with Crippen molar-refractivity contribution in [1.82, 2.24) is 14.7 Å². The lowest BCUT2D eigenvalue weighted by molar-refractivity contribution is 0.264. The van der Waals surface area contributed by atoms with Crippen LogP contribution in [0.2, 0.25) is 0 Å². The van der Waals surface area contributed by atoms with Crippen LogP contribution in [-0.4, -0.2) is 34.3 Å². The molecular weight excluding hydrogens is 212 g/mol. The number of nitrogens with two attached hydrogens (primary N) is 1. The second kappa shape index (κ2) is 5.65. The first-order valence-electron chi connectivity index (χ1n) is 6.57. The van der Waals surface area contributed by atoms with Gasteiger partial charge >= 0.3 is 0 Å². The van der Waals surface area contributed by atoms with Gasteiger partial charge in [-0.15, -0.1) is 0 Å². The van der Waals surface area contributed by atoms with E-state index in [0.717, 1.165) is 19.0 Å². The predicted octanol–water partition coefficient (Wildman–Crippen LogP) is 1.37. The molecule has 0 radical (unpaired) electrons. The zero-order valence-corrected chi connectivity index (χ0v) is 11.0. The third kappa shape index (κ3) is 3.54. The topological polar surface area (TPSA) is 47.1 Å². The average molecular weight is 236 g/mol. The van der Waals surface area contributed by atoms with Gasteiger partial charge in [-0.2, -0.15) is 5.10 Å². The minimum absolute atomic E-state index is 0.333. The Morgan fingerprint density at radius 2 is 2.24 bits per heavy atom. The van der Waals surface area contributed by atoms with E-state index in [9.17, 15) is 0 Å². The Labute approximate surface area is 104 Å². The van der Waals surface area contributed by atoms with Gasteiger partial charge in [0.25, 0.3) is 0 Å². The summed E-state index contributed by atoms with van der Waals surface area (Å²) in [5.41, 5.74) is 7.53. The van der Waals surface area contributed by atoms with Crippen molar-refractivity contribution in [3.05, 3.63) is 18.0 Å². The molecule has 1 heterocycles. The molecule has 0 saturated heterocycles. The van der Waals surface area contributed by atoms with Crippen molar-refractivity contribution in [2.24, 2.45) is 18.7 Å². The molecule has 1 aliphatic rings. The van der Waals surface area contributed by atoms with Gasteiger partial charge in [0.05, 0.1) is 6.20 Å². The molecular formula is C13H24N4. The third-order valence-electron chi connectivity index (χ3n) is 3.74. The van der Waals surface area contributed by atoms with E-state index < -0.39 is 0 Å². The van der Waals surface area contributed by atoms with Crippen molar-refractivity contribution in [1.29, 1.82) is 0 Å². The molecule has 1 aromatic rings. The summed E-state index contributed by atoms with van der Waals surface area (Å²) in [6.07, 6.45) is 9.37. The number of hydrogen-bond acceptors (Lipinski definition) is 3. The highest BCUT2D eigenvalue weighted by atomic mass is 15.2. The van der Waals surface area contributed by atoms with Crippen molar-refractivity contribution in [2.45, 2.75) is 38.3 Å². The quantitative estimate of drug-likeness (QED) is 0.840. The summed E-state index contributed by atoms with van der Waals surface area (Å²) in [5, 5.41) is 4.19. The zero-order chi connectivity index (χ0) is 12.3. The molecule has 1 atom stereocenters. The van der Waals surface area contributed by atoms with Gasteiger partial charge in [0.2, 0.25) is 0 Å². The molecule has 0 aliphatic heterocycles. The minimum atomic E-state index is 0.333. The van der Waals surface area contributed by atoms with Gasteiger partial charge in [-0.25, -0.2) is 0 Å². The number of aryl methyl sites for hydroxylation is 1. The molecule has 1 aromatic heterocycles. The van der Waals surface area contributed by atoms with E-state index in [4.69, 9.17) is 5.73 Å². The summed E-state index contributed by atoms with van der Waals surface area (Å²) in [6, 6.07) is 0.333. The highest BCUT2D eigenvalue weighted by molar-refractivity contribution is 5.03. The van der Waals surface area contributed by atoms with Gasteiger partial charge in [-0.1, -0.05) is 12.8 Å². The minimum Gasteiger partial charge on any atom is -0.326 e. The van der Waals surface area contributed by atoms with Crippen LogP contribution < -0.4 is 5.73 Å². The Morgan fingerprint density at radius 1 is 1.53 bits per heavy atom. The van der Waals surface area contributed by atoms with Crippen LogP contribution in [-0.2, 0) is 13.6 Å². The Hall–Kier alpha value is -0.870. The van der Waals surface area contributed by atoms with Crippen LogP contribution in [0.3, 0.4) is 0 Å².